The Labute approximate surface area is 113 Å². The zero-order valence-corrected chi connectivity index (χ0v) is 11.5. The Bertz CT molecular complexity index is 473. The van der Waals surface area contributed by atoms with Gasteiger partial charge in [-0.05, 0) is 23.5 Å². The fourth-order valence-corrected chi connectivity index (χ4v) is 2.45. The number of amides is 1. The highest BCUT2D eigenvalue weighted by atomic mass is 19.1. The van der Waals surface area contributed by atoms with Crippen LogP contribution in [0, 0.1) is 17.7 Å². The van der Waals surface area contributed by atoms with E-state index in [1.807, 2.05) is 6.07 Å². The molecular formula is C15H21FN2O. The number of hydrogen-bond acceptors (Lipinski definition) is 2. The van der Waals surface area contributed by atoms with Gasteiger partial charge in [0.25, 0.3) is 0 Å². The standard InChI is InChI=1S/C15H21FN2O/c1-10(2)13-6-15(19)18(9-13)8-12-4-3-11(7-17)5-14(12)16/h3-5,10,13H,6-9,17H2,1-2H3. The number of halogens is 1. The highest BCUT2D eigenvalue weighted by Gasteiger charge is 2.31. The molecule has 4 heteroatoms. The third kappa shape index (κ3) is 3.13. The summed E-state index contributed by atoms with van der Waals surface area (Å²) in [7, 11) is 0. The van der Waals surface area contributed by atoms with Crippen LogP contribution in [0.25, 0.3) is 0 Å². The normalized spacial score (nSPS) is 19.5. The molecule has 1 heterocycles. The van der Waals surface area contributed by atoms with E-state index in [1.54, 1.807) is 11.0 Å². The third-order valence-corrected chi connectivity index (χ3v) is 3.90. The molecule has 0 bridgehead atoms. The first-order chi connectivity index (χ1) is 9.01. The summed E-state index contributed by atoms with van der Waals surface area (Å²) in [4.78, 5) is 13.7. The summed E-state index contributed by atoms with van der Waals surface area (Å²) in [6.45, 7) is 5.67. The Morgan fingerprint density at radius 3 is 2.74 bits per heavy atom. The van der Waals surface area contributed by atoms with Gasteiger partial charge in [-0.2, -0.15) is 0 Å². The minimum Gasteiger partial charge on any atom is -0.338 e. The predicted molar refractivity (Wildman–Crippen MR) is 72.7 cm³/mol. The maximum atomic E-state index is 13.9. The van der Waals surface area contributed by atoms with E-state index >= 15 is 0 Å². The number of hydrogen-bond donors (Lipinski definition) is 1. The molecule has 1 atom stereocenters. The van der Waals surface area contributed by atoms with Gasteiger partial charge in [0, 0.05) is 31.6 Å². The van der Waals surface area contributed by atoms with Gasteiger partial charge in [-0.1, -0.05) is 26.0 Å². The van der Waals surface area contributed by atoms with Crippen LogP contribution >= 0.6 is 0 Å². The molecular weight excluding hydrogens is 243 g/mol. The first-order valence-corrected chi connectivity index (χ1v) is 6.76. The summed E-state index contributed by atoms with van der Waals surface area (Å²) < 4.78 is 13.9. The predicted octanol–water partition coefficient (Wildman–Crippen LogP) is 2.29. The monoisotopic (exact) mass is 264 g/mol. The second-order valence-corrected chi connectivity index (χ2v) is 5.61. The van der Waals surface area contributed by atoms with Crippen molar-refractivity contribution >= 4 is 5.91 Å². The highest BCUT2D eigenvalue weighted by Crippen LogP contribution is 2.26. The van der Waals surface area contributed by atoms with Crippen LogP contribution in [0.5, 0.6) is 0 Å². The van der Waals surface area contributed by atoms with E-state index < -0.39 is 0 Å². The topological polar surface area (TPSA) is 46.3 Å². The molecule has 0 aliphatic carbocycles. The van der Waals surface area contributed by atoms with Crippen molar-refractivity contribution in [2.24, 2.45) is 17.6 Å². The molecule has 2 N–H and O–H groups in total. The van der Waals surface area contributed by atoms with Crippen molar-refractivity contribution in [1.82, 2.24) is 4.90 Å². The molecule has 1 aliphatic rings. The maximum absolute atomic E-state index is 13.9. The fraction of sp³-hybridized carbons (Fsp3) is 0.533. The second kappa shape index (κ2) is 5.70. The SMILES string of the molecule is CC(C)C1CC(=O)N(Cc2ccc(CN)cc2F)C1. The molecule has 1 amide bonds. The number of benzene rings is 1. The summed E-state index contributed by atoms with van der Waals surface area (Å²) in [6.07, 6.45) is 0.584. The molecule has 104 valence electrons. The van der Waals surface area contributed by atoms with E-state index in [0.717, 1.165) is 12.1 Å². The highest BCUT2D eigenvalue weighted by molar-refractivity contribution is 5.78. The van der Waals surface area contributed by atoms with Crippen LogP contribution in [0.1, 0.15) is 31.4 Å². The fourth-order valence-electron chi connectivity index (χ4n) is 2.45. The lowest BCUT2D eigenvalue weighted by Crippen LogP contribution is -2.25. The summed E-state index contributed by atoms with van der Waals surface area (Å²) in [5.41, 5.74) is 6.81. The Morgan fingerprint density at radius 1 is 1.47 bits per heavy atom. The maximum Gasteiger partial charge on any atom is 0.223 e. The van der Waals surface area contributed by atoms with E-state index in [4.69, 9.17) is 5.73 Å². The summed E-state index contributed by atoms with van der Waals surface area (Å²) in [6, 6.07) is 5.00. The first kappa shape index (κ1) is 14.0. The van der Waals surface area contributed by atoms with Crippen molar-refractivity contribution in [1.29, 1.82) is 0 Å². The smallest absolute Gasteiger partial charge is 0.223 e. The van der Waals surface area contributed by atoms with Crippen LogP contribution < -0.4 is 5.73 Å². The van der Waals surface area contributed by atoms with E-state index in [9.17, 15) is 9.18 Å². The van der Waals surface area contributed by atoms with Crippen LogP contribution in [0.15, 0.2) is 18.2 Å². The molecule has 0 radical (unpaired) electrons. The summed E-state index contributed by atoms with van der Waals surface area (Å²) in [5, 5.41) is 0. The average molecular weight is 264 g/mol. The Kier molecular flexibility index (Phi) is 4.20. The molecule has 1 aliphatic heterocycles. The lowest BCUT2D eigenvalue weighted by Gasteiger charge is -2.18. The number of carbonyl (C=O) groups excluding carboxylic acids is 1. The van der Waals surface area contributed by atoms with Crippen molar-refractivity contribution in [3.63, 3.8) is 0 Å². The van der Waals surface area contributed by atoms with Gasteiger partial charge in [0.1, 0.15) is 5.82 Å². The van der Waals surface area contributed by atoms with Gasteiger partial charge in [-0.15, -0.1) is 0 Å². The van der Waals surface area contributed by atoms with Crippen molar-refractivity contribution < 1.29 is 9.18 Å². The number of nitrogens with two attached hydrogens (primary N) is 1. The lowest BCUT2D eigenvalue weighted by molar-refractivity contribution is -0.128. The van der Waals surface area contributed by atoms with E-state index in [1.165, 1.54) is 6.07 Å². The van der Waals surface area contributed by atoms with Gasteiger partial charge < -0.3 is 10.6 Å². The molecule has 0 spiro atoms. The number of likely N-dealkylation sites (tertiary alicyclic amines) is 1. The molecule has 1 aromatic carbocycles. The number of nitrogens with zero attached hydrogens (tertiary/aromatic N) is 1. The molecule has 1 saturated heterocycles. The number of carbonyl (C=O) groups is 1. The Hall–Kier alpha value is -1.42. The largest absolute Gasteiger partial charge is 0.338 e. The van der Waals surface area contributed by atoms with Crippen LogP contribution in [0.4, 0.5) is 4.39 Å². The van der Waals surface area contributed by atoms with E-state index in [2.05, 4.69) is 13.8 Å². The minimum atomic E-state index is -0.274. The molecule has 19 heavy (non-hydrogen) atoms. The Morgan fingerprint density at radius 2 is 2.21 bits per heavy atom. The van der Waals surface area contributed by atoms with Crippen molar-refractivity contribution in [2.45, 2.75) is 33.4 Å². The summed E-state index contributed by atoms with van der Waals surface area (Å²) >= 11 is 0. The quantitative estimate of drug-likeness (QED) is 0.907. The second-order valence-electron chi connectivity index (χ2n) is 5.61. The van der Waals surface area contributed by atoms with Crippen LogP contribution in [0.3, 0.4) is 0 Å². The van der Waals surface area contributed by atoms with E-state index in [0.29, 0.717) is 36.9 Å². The van der Waals surface area contributed by atoms with Crippen molar-refractivity contribution in [3.05, 3.63) is 35.1 Å². The van der Waals surface area contributed by atoms with Gasteiger partial charge in [-0.3, -0.25) is 4.79 Å². The molecule has 2 rings (SSSR count). The Balaban J connectivity index is 2.07. The average Bonchev–Trinajstić information content (AvgIpc) is 2.73. The van der Waals surface area contributed by atoms with Crippen molar-refractivity contribution in [2.75, 3.05) is 6.54 Å². The van der Waals surface area contributed by atoms with Gasteiger partial charge >= 0.3 is 0 Å². The van der Waals surface area contributed by atoms with Gasteiger partial charge in [0.2, 0.25) is 5.91 Å². The molecule has 1 unspecified atom stereocenters. The zero-order chi connectivity index (χ0) is 14.0. The lowest BCUT2D eigenvalue weighted by atomic mass is 9.95. The molecule has 1 fully saturated rings. The van der Waals surface area contributed by atoms with Gasteiger partial charge in [0.15, 0.2) is 0 Å². The van der Waals surface area contributed by atoms with Crippen molar-refractivity contribution in [3.8, 4) is 0 Å². The van der Waals surface area contributed by atoms with Gasteiger partial charge in [-0.25, -0.2) is 4.39 Å². The first-order valence-electron chi connectivity index (χ1n) is 6.76. The molecule has 1 aromatic rings. The van der Waals surface area contributed by atoms with Crippen LogP contribution in [0.2, 0.25) is 0 Å². The van der Waals surface area contributed by atoms with Gasteiger partial charge in [0.05, 0.1) is 0 Å². The molecule has 3 nitrogen and oxygen atoms in total. The minimum absolute atomic E-state index is 0.126. The third-order valence-electron chi connectivity index (χ3n) is 3.90. The van der Waals surface area contributed by atoms with Crippen LogP contribution in [-0.4, -0.2) is 17.4 Å². The summed E-state index contributed by atoms with van der Waals surface area (Å²) in [5.74, 6) is 0.724. The molecule has 0 saturated carbocycles. The number of rotatable bonds is 4. The zero-order valence-electron chi connectivity index (χ0n) is 11.5. The van der Waals surface area contributed by atoms with Crippen LogP contribution in [-0.2, 0) is 17.9 Å². The molecule has 0 aromatic heterocycles. The van der Waals surface area contributed by atoms with E-state index in [-0.39, 0.29) is 11.7 Å².